The highest BCUT2D eigenvalue weighted by Gasteiger charge is 2.38. The Morgan fingerprint density at radius 3 is 2.10 bits per heavy atom. The van der Waals surface area contributed by atoms with Crippen molar-refractivity contribution in [3.8, 4) is 0 Å². The van der Waals surface area contributed by atoms with E-state index in [0.717, 1.165) is 37.7 Å². The first kappa shape index (κ1) is 16.2. The number of carbonyl (C=O) groups is 1. The van der Waals surface area contributed by atoms with Crippen LogP contribution in [0.2, 0.25) is 0 Å². The van der Waals surface area contributed by atoms with E-state index in [4.69, 9.17) is 4.74 Å². The molecule has 0 amide bonds. The molecule has 0 aliphatic heterocycles. The summed E-state index contributed by atoms with van der Waals surface area (Å²) >= 11 is 0. The quantitative estimate of drug-likeness (QED) is 0.721. The number of ketones is 1. The lowest BCUT2D eigenvalue weighted by atomic mass is 9.86. The first-order valence-electron chi connectivity index (χ1n) is 8.45. The van der Waals surface area contributed by atoms with Crippen molar-refractivity contribution >= 4 is 5.78 Å². The fourth-order valence-electron chi connectivity index (χ4n) is 3.32. The smallest absolute Gasteiger partial charge is 0.168 e. The van der Waals surface area contributed by atoms with E-state index in [0.29, 0.717) is 13.0 Å². The van der Waals surface area contributed by atoms with Gasteiger partial charge in [0.1, 0.15) is 5.60 Å². The first-order valence-corrected chi connectivity index (χ1v) is 8.45. The van der Waals surface area contributed by atoms with Gasteiger partial charge in [-0.2, -0.15) is 0 Å². The van der Waals surface area contributed by atoms with Crippen LogP contribution in [-0.4, -0.2) is 18.0 Å². The molecule has 0 unspecified atom stereocenters. The van der Waals surface area contributed by atoms with Crippen LogP contribution in [0.25, 0.3) is 0 Å². The second kappa shape index (κ2) is 7.74. The fourth-order valence-corrected chi connectivity index (χ4v) is 3.32. The van der Waals surface area contributed by atoms with Crippen molar-refractivity contribution in [2.75, 3.05) is 6.61 Å². The molecule has 1 saturated carbocycles. The molecular weight excluding hydrogens is 260 g/mol. The highest BCUT2D eigenvalue weighted by atomic mass is 16.5. The van der Waals surface area contributed by atoms with Crippen molar-refractivity contribution in [3.05, 3.63) is 35.4 Å². The third-order valence-electron chi connectivity index (χ3n) is 4.64. The van der Waals surface area contributed by atoms with E-state index in [9.17, 15) is 4.79 Å². The zero-order valence-electron chi connectivity index (χ0n) is 13.5. The van der Waals surface area contributed by atoms with Gasteiger partial charge in [-0.05, 0) is 37.3 Å². The van der Waals surface area contributed by atoms with E-state index in [2.05, 4.69) is 31.2 Å². The molecule has 0 spiro atoms. The van der Waals surface area contributed by atoms with Crippen LogP contribution in [0, 0.1) is 0 Å². The maximum atomic E-state index is 12.9. The fraction of sp³-hybridized carbons (Fsp3) is 0.632. The Hall–Kier alpha value is -1.15. The van der Waals surface area contributed by atoms with Gasteiger partial charge in [-0.25, -0.2) is 0 Å². The molecule has 2 heteroatoms. The minimum absolute atomic E-state index is 0.274. The molecule has 2 rings (SSSR count). The van der Waals surface area contributed by atoms with E-state index in [-0.39, 0.29) is 5.78 Å². The normalized spacial score (nSPS) is 18.2. The molecule has 21 heavy (non-hydrogen) atoms. The number of Topliss-reactive ketones (excluding diaryl/α,β-unsaturated/α-hetero) is 1. The Balaban J connectivity index is 2.09. The Morgan fingerprint density at radius 1 is 1.00 bits per heavy atom. The molecule has 1 aromatic carbocycles. The number of aryl methyl sites for hydroxylation is 1. The van der Waals surface area contributed by atoms with Crippen molar-refractivity contribution in [1.82, 2.24) is 0 Å². The maximum absolute atomic E-state index is 12.9. The van der Waals surface area contributed by atoms with Crippen LogP contribution in [0.5, 0.6) is 0 Å². The second-order valence-corrected chi connectivity index (χ2v) is 6.11. The summed E-state index contributed by atoms with van der Waals surface area (Å²) in [5, 5.41) is 0. The van der Waals surface area contributed by atoms with Gasteiger partial charge in [0.15, 0.2) is 5.78 Å². The van der Waals surface area contributed by atoms with Crippen molar-refractivity contribution in [1.29, 1.82) is 0 Å². The number of ether oxygens (including phenoxy) is 1. The number of rotatable bonds is 6. The van der Waals surface area contributed by atoms with Gasteiger partial charge in [-0.1, -0.05) is 56.9 Å². The summed E-state index contributed by atoms with van der Waals surface area (Å²) in [5.41, 5.74) is 1.91. The van der Waals surface area contributed by atoms with Crippen LogP contribution < -0.4 is 0 Å². The van der Waals surface area contributed by atoms with Gasteiger partial charge in [0.05, 0.1) is 0 Å². The van der Waals surface area contributed by atoms with Crippen LogP contribution >= 0.6 is 0 Å². The highest BCUT2D eigenvalue weighted by Crippen LogP contribution is 2.32. The van der Waals surface area contributed by atoms with E-state index < -0.39 is 5.60 Å². The Kier molecular flexibility index (Phi) is 5.98. The molecule has 0 bridgehead atoms. The average Bonchev–Trinajstić information content (AvgIpc) is 2.75. The third-order valence-corrected chi connectivity index (χ3v) is 4.64. The van der Waals surface area contributed by atoms with E-state index in [1.807, 2.05) is 6.92 Å². The van der Waals surface area contributed by atoms with Crippen LogP contribution in [-0.2, 0) is 22.4 Å². The maximum Gasteiger partial charge on any atom is 0.168 e. The highest BCUT2D eigenvalue weighted by molar-refractivity contribution is 5.89. The predicted molar refractivity (Wildman–Crippen MR) is 86.6 cm³/mol. The topological polar surface area (TPSA) is 26.3 Å². The van der Waals surface area contributed by atoms with Crippen molar-refractivity contribution in [2.45, 2.75) is 70.8 Å². The van der Waals surface area contributed by atoms with E-state index in [1.54, 1.807) is 0 Å². The molecule has 1 fully saturated rings. The summed E-state index contributed by atoms with van der Waals surface area (Å²) in [4.78, 5) is 12.9. The summed E-state index contributed by atoms with van der Waals surface area (Å²) in [6.07, 6.45) is 8.02. The van der Waals surface area contributed by atoms with Gasteiger partial charge in [-0.15, -0.1) is 0 Å². The van der Waals surface area contributed by atoms with Gasteiger partial charge in [0.25, 0.3) is 0 Å². The summed E-state index contributed by atoms with van der Waals surface area (Å²) in [6, 6.07) is 8.44. The van der Waals surface area contributed by atoms with E-state index >= 15 is 0 Å². The lowest BCUT2D eigenvalue weighted by Crippen LogP contribution is -2.42. The monoisotopic (exact) mass is 288 g/mol. The molecule has 0 saturated heterocycles. The predicted octanol–water partition coefficient (Wildman–Crippen LogP) is 4.49. The summed E-state index contributed by atoms with van der Waals surface area (Å²) in [5.74, 6) is 0.274. The largest absolute Gasteiger partial charge is 0.367 e. The third kappa shape index (κ3) is 4.16. The molecule has 0 heterocycles. The van der Waals surface area contributed by atoms with Crippen molar-refractivity contribution < 1.29 is 9.53 Å². The average molecular weight is 288 g/mol. The zero-order chi connectivity index (χ0) is 15.1. The SMILES string of the molecule is CCOC1(C(=O)Cc2ccc(CC)cc2)CCCCCC1. The lowest BCUT2D eigenvalue weighted by Gasteiger charge is -2.31. The summed E-state index contributed by atoms with van der Waals surface area (Å²) in [6.45, 7) is 4.77. The molecular formula is C19H28O2. The molecule has 0 aromatic heterocycles. The Morgan fingerprint density at radius 2 is 1.57 bits per heavy atom. The van der Waals surface area contributed by atoms with Gasteiger partial charge in [-0.3, -0.25) is 4.79 Å². The van der Waals surface area contributed by atoms with Crippen molar-refractivity contribution in [2.24, 2.45) is 0 Å². The molecule has 0 atom stereocenters. The van der Waals surface area contributed by atoms with Crippen LogP contribution in [0.3, 0.4) is 0 Å². The van der Waals surface area contributed by atoms with Gasteiger partial charge in [0.2, 0.25) is 0 Å². The Labute approximate surface area is 128 Å². The van der Waals surface area contributed by atoms with Crippen LogP contribution in [0.15, 0.2) is 24.3 Å². The minimum Gasteiger partial charge on any atom is -0.367 e. The molecule has 1 aliphatic carbocycles. The molecule has 116 valence electrons. The number of benzene rings is 1. The molecule has 0 radical (unpaired) electrons. The first-order chi connectivity index (χ1) is 10.2. The molecule has 1 aliphatic rings. The molecule has 0 N–H and O–H groups in total. The zero-order valence-corrected chi connectivity index (χ0v) is 13.5. The van der Waals surface area contributed by atoms with Crippen LogP contribution in [0.4, 0.5) is 0 Å². The van der Waals surface area contributed by atoms with Crippen molar-refractivity contribution in [3.63, 3.8) is 0 Å². The number of hydrogen-bond donors (Lipinski definition) is 0. The van der Waals surface area contributed by atoms with Crippen LogP contribution in [0.1, 0.15) is 63.5 Å². The van der Waals surface area contributed by atoms with E-state index in [1.165, 1.54) is 18.4 Å². The number of hydrogen-bond acceptors (Lipinski definition) is 2. The standard InChI is InChI=1S/C19H28O2/c1-3-16-9-11-17(12-10-16)15-18(20)19(21-4-2)13-7-5-6-8-14-19/h9-12H,3-8,13-15H2,1-2H3. The number of carbonyl (C=O) groups excluding carboxylic acids is 1. The summed E-state index contributed by atoms with van der Waals surface area (Å²) in [7, 11) is 0. The molecule has 2 nitrogen and oxygen atoms in total. The lowest BCUT2D eigenvalue weighted by molar-refractivity contribution is -0.145. The summed E-state index contributed by atoms with van der Waals surface area (Å²) < 4.78 is 5.98. The molecule has 1 aromatic rings. The van der Waals surface area contributed by atoms with Gasteiger partial charge in [0, 0.05) is 13.0 Å². The van der Waals surface area contributed by atoms with Gasteiger partial charge < -0.3 is 4.74 Å². The second-order valence-electron chi connectivity index (χ2n) is 6.11. The minimum atomic E-state index is -0.519. The Bertz CT molecular complexity index is 439. The van der Waals surface area contributed by atoms with Gasteiger partial charge >= 0.3 is 0 Å².